The number of hydrogen-bond acceptors (Lipinski definition) is 6. The fourth-order valence-corrected chi connectivity index (χ4v) is 3.01. The maximum Gasteiger partial charge on any atom is 0.336 e. The summed E-state index contributed by atoms with van der Waals surface area (Å²) >= 11 is 0. The first-order chi connectivity index (χ1) is 13.4. The van der Waals surface area contributed by atoms with E-state index in [4.69, 9.17) is 13.1 Å². The third-order valence-corrected chi connectivity index (χ3v) is 4.71. The van der Waals surface area contributed by atoms with Gasteiger partial charge in [-0.25, -0.2) is 21.7 Å². The van der Waals surface area contributed by atoms with Crippen molar-refractivity contribution in [3.05, 3.63) is 50.4 Å². The molecule has 28 heavy (non-hydrogen) atoms. The molecular formula is C20H14N8. The van der Waals surface area contributed by atoms with Crippen molar-refractivity contribution >= 4 is 28.1 Å². The molecule has 2 atom stereocenters. The van der Waals surface area contributed by atoms with Gasteiger partial charge in [-0.05, 0) is 27.7 Å². The molecule has 0 amide bonds. The Balaban J connectivity index is 2.82. The molecule has 0 spiro atoms. The SMILES string of the molecule is [C-]#[N+]C(C#N)=c1c2c(c(C(C#N)[N+]#[C-])c3nc(C)c(C)nc13)N=C(C)C(C)N=2. The van der Waals surface area contributed by atoms with E-state index in [1.54, 1.807) is 20.8 Å². The van der Waals surface area contributed by atoms with Crippen molar-refractivity contribution in [2.75, 3.05) is 0 Å². The Morgan fingerprint density at radius 2 is 1.75 bits per heavy atom. The Bertz CT molecular complexity index is 1320. The molecule has 134 valence electrons. The minimum atomic E-state index is -1.15. The van der Waals surface area contributed by atoms with Crippen LogP contribution in [0.15, 0.2) is 9.98 Å². The summed E-state index contributed by atoms with van der Waals surface area (Å²) in [5.41, 5.74) is 3.02. The zero-order valence-electron chi connectivity index (χ0n) is 15.7. The van der Waals surface area contributed by atoms with Crippen LogP contribution in [0, 0.1) is 49.7 Å². The maximum atomic E-state index is 9.56. The molecule has 1 aliphatic rings. The highest BCUT2D eigenvalue weighted by Crippen LogP contribution is 2.32. The third-order valence-electron chi connectivity index (χ3n) is 4.71. The molecule has 1 aromatic heterocycles. The van der Waals surface area contributed by atoms with Crippen molar-refractivity contribution in [2.24, 2.45) is 9.98 Å². The number of rotatable bonds is 1. The number of hydrogen-bond donors (Lipinski definition) is 0. The number of fused-ring (bicyclic) bond motifs is 2. The van der Waals surface area contributed by atoms with E-state index in [-0.39, 0.29) is 17.0 Å². The maximum absolute atomic E-state index is 9.56. The third kappa shape index (κ3) is 2.65. The first kappa shape index (κ1) is 18.6. The first-order valence-corrected chi connectivity index (χ1v) is 8.39. The van der Waals surface area contributed by atoms with Crippen molar-refractivity contribution in [3.8, 4) is 12.1 Å². The summed E-state index contributed by atoms with van der Waals surface area (Å²) in [6.07, 6.45) is 0. The molecule has 2 heterocycles. The molecule has 0 N–H and O–H groups in total. The second kappa shape index (κ2) is 6.88. The summed E-state index contributed by atoms with van der Waals surface area (Å²) in [7, 11) is 0. The number of benzene rings is 1. The van der Waals surface area contributed by atoms with Gasteiger partial charge in [0.25, 0.3) is 5.70 Å². The number of nitrogens with zero attached hydrogens (tertiary/aromatic N) is 8. The molecule has 0 fully saturated rings. The molecule has 0 saturated heterocycles. The van der Waals surface area contributed by atoms with Gasteiger partial charge in [-0.1, -0.05) is 0 Å². The second-order valence-corrected chi connectivity index (χ2v) is 6.37. The van der Waals surface area contributed by atoms with Crippen molar-refractivity contribution in [3.63, 3.8) is 0 Å². The number of aryl methyl sites for hydroxylation is 2. The lowest BCUT2D eigenvalue weighted by molar-refractivity contribution is 0.894. The normalized spacial score (nSPS) is 17.0. The molecule has 0 radical (unpaired) electrons. The van der Waals surface area contributed by atoms with Gasteiger partial charge in [0.1, 0.15) is 16.8 Å². The zero-order chi connectivity index (χ0) is 20.6. The van der Waals surface area contributed by atoms with Crippen LogP contribution in [0.2, 0.25) is 0 Å². The summed E-state index contributed by atoms with van der Waals surface area (Å²) < 4.78 is 0. The van der Waals surface area contributed by atoms with E-state index in [0.717, 1.165) is 0 Å². The van der Waals surface area contributed by atoms with Crippen LogP contribution >= 0.6 is 0 Å². The van der Waals surface area contributed by atoms with Crippen LogP contribution in [0.25, 0.3) is 26.4 Å². The second-order valence-electron chi connectivity index (χ2n) is 6.37. The monoisotopic (exact) mass is 366 g/mol. The van der Waals surface area contributed by atoms with Crippen LogP contribution in [0.3, 0.4) is 0 Å². The van der Waals surface area contributed by atoms with Gasteiger partial charge in [0.05, 0.1) is 40.9 Å². The summed E-state index contributed by atoms with van der Waals surface area (Å²) in [4.78, 5) is 25.1. The first-order valence-electron chi connectivity index (χ1n) is 8.39. The van der Waals surface area contributed by atoms with Crippen molar-refractivity contribution in [2.45, 2.75) is 39.8 Å². The Labute approximate surface area is 161 Å². The highest BCUT2D eigenvalue weighted by Gasteiger charge is 2.30. The lowest BCUT2D eigenvalue weighted by atomic mass is 9.98. The van der Waals surface area contributed by atoms with Crippen LogP contribution in [0.5, 0.6) is 0 Å². The highest BCUT2D eigenvalue weighted by atomic mass is 14.9. The minimum Gasteiger partial charge on any atom is -0.292 e. The van der Waals surface area contributed by atoms with Gasteiger partial charge in [0.15, 0.2) is 6.07 Å². The van der Waals surface area contributed by atoms with Crippen LogP contribution in [-0.4, -0.2) is 21.7 Å². The standard InChI is InChI=1S/C20H14N8/c1-9-10(2)26-18-16(14(8-22)24-6)20-19(27-11(3)12(4)28-20)15(17(18)25-9)13(7-21)23-5/h9,14H,1-4H3. The van der Waals surface area contributed by atoms with E-state index >= 15 is 0 Å². The van der Waals surface area contributed by atoms with Gasteiger partial charge < -0.3 is 0 Å². The van der Waals surface area contributed by atoms with Gasteiger partial charge in [-0.3, -0.25) is 19.8 Å². The van der Waals surface area contributed by atoms with E-state index < -0.39 is 6.04 Å². The van der Waals surface area contributed by atoms with Gasteiger partial charge in [-0.15, -0.1) is 0 Å². The topological polar surface area (TPSA) is 107 Å². The van der Waals surface area contributed by atoms with E-state index in [0.29, 0.717) is 44.7 Å². The van der Waals surface area contributed by atoms with Crippen LogP contribution in [-0.2, 0) is 0 Å². The predicted molar refractivity (Wildman–Crippen MR) is 103 cm³/mol. The molecule has 2 unspecified atom stereocenters. The van der Waals surface area contributed by atoms with Crippen molar-refractivity contribution < 1.29 is 0 Å². The summed E-state index contributed by atoms with van der Waals surface area (Å²) in [6.45, 7) is 22.1. The molecule has 2 aromatic rings. The lowest BCUT2D eigenvalue weighted by Gasteiger charge is -2.17. The molecular weight excluding hydrogens is 352 g/mol. The van der Waals surface area contributed by atoms with E-state index in [2.05, 4.69) is 29.6 Å². The Morgan fingerprint density at radius 1 is 1.11 bits per heavy atom. The number of nitriles is 2. The zero-order valence-corrected chi connectivity index (χ0v) is 15.7. The highest BCUT2D eigenvalue weighted by molar-refractivity contribution is 5.95. The average Bonchev–Trinajstić information content (AvgIpc) is 2.68. The Hall–Kier alpha value is -4.14. The molecule has 1 aliphatic heterocycles. The lowest BCUT2D eigenvalue weighted by Crippen LogP contribution is -2.36. The largest absolute Gasteiger partial charge is 0.336 e. The summed E-state index contributed by atoms with van der Waals surface area (Å²) in [5, 5.41) is 19.7. The van der Waals surface area contributed by atoms with Crippen LogP contribution in [0.4, 0.5) is 5.69 Å². The molecule has 1 aromatic carbocycles. The summed E-state index contributed by atoms with van der Waals surface area (Å²) in [6, 6.07) is 2.47. The molecule has 0 bridgehead atoms. The Kier molecular flexibility index (Phi) is 4.58. The van der Waals surface area contributed by atoms with Gasteiger partial charge in [-0.2, -0.15) is 5.26 Å². The van der Waals surface area contributed by atoms with Crippen LogP contribution < -0.4 is 10.6 Å². The molecule has 0 aliphatic carbocycles. The van der Waals surface area contributed by atoms with Crippen molar-refractivity contribution in [1.29, 1.82) is 10.5 Å². The van der Waals surface area contributed by atoms with E-state index in [1.807, 2.05) is 19.1 Å². The van der Waals surface area contributed by atoms with E-state index in [1.165, 1.54) is 0 Å². The fraction of sp³-hybridized carbons (Fsp3) is 0.300. The van der Waals surface area contributed by atoms with Gasteiger partial charge >= 0.3 is 6.04 Å². The van der Waals surface area contributed by atoms with Crippen LogP contribution in [0.1, 0.15) is 36.8 Å². The fourth-order valence-electron chi connectivity index (χ4n) is 3.01. The van der Waals surface area contributed by atoms with Gasteiger partial charge in [0.2, 0.25) is 0 Å². The van der Waals surface area contributed by atoms with Gasteiger partial charge in [0, 0.05) is 10.9 Å². The Morgan fingerprint density at radius 3 is 2.29 bits per heavy atom. The molecule has 0 saturated carbocycles. The number of aromatic nitrogens is 2. The quantitative estimate of drug-likeness (QED) is 0.722. The van der Waals surface area contributed by atoms with E-state index in [9.17, 15) is 10.5 Å². The molecule has 3 rings (SSSR count). The predicted octanol–water partition coefficient (Wildman–Crippen LogP) is 2.40. The smallest absolute Gasteiger partial charge is 0.292 e. The minimum absolute atomic E-state index is 0.174. The average molecular weight is 366 g/mol. The molecule has 8 heteroatoms. The number of aliphatic imine (C=N–C) groups is 1. The summed E-state index contributed by atoms with van der Waals surface area (Å²) in [5.74, 6) is 0. The van der Waals surface area contributed by atoms with Crippen molar-refractivity contribution in [1.82, 2.24) is 9.97 Å². The molecule has 8 nitrogen and oxygen atoms in total.